The molecule has 4 rings (SSSR count). The van der Waals surface area contributed by atoms with Crippen molar-refractivity contribution in [1.82, 2.24) is 30.5 Å². The van der Waals surface area contributed by atoms with Crippen LogP contribution in [0.1, 0.15) is 24.0 Å². The lowest BCUT2D eigenvalue weighted by molar-refractivity contribution is -0.188. The van der Waals surface area contributed by atoms with Crippen LogP contribution in [-0.2, 0) is 27.4 Å². The molecule has 2 saturated heterocycles. The molecule has 224 valence electrons. The molecule has 13 heteroatoms. The zero-order chi connectivity index (χ0) is 30.2. The number of hydrazine groups is 1. The van der Waals surface area contributed by atoms with E-state index in [4.69, 9.17) is 4.74 Å². The number of fused-ring (bicyclic) bond motifs is 1. The minimum Gasteiger partial charge on any atom is -0.445 e. The molecule has 0 aliphatic carbocycles. The number of hydrogen-bond acceptors (Lipinski definition) is 6. The van der Waals surface area contributed by atoms with E-state index in [9.17, 15) is 28.0 Å². The first kappa shape index (κ1) is 30.4. The maximum Gasteiger partial charge on any atom is 0.407 e. The highest BCUT2D eigenvalue weighted by atomic mass is 19.1. The molecule has 5 amide bonds. The van der Waals surface area contributed by atoms with Crippen LogP contribution in [0.5, 0.6) is 0 Å². The summed E-state index contributed by atoms with van der Waals surface area (Å²) in [7, 11) is 1.60. The largest absolute Gasteiger partial charge is 0.445 e. The van der Waals surface area contributed by atoms with Crippen LogP contribution in [-0.4, -0.2) is 89.3 Å². The molecule has 0 bridgehead atoms. The molecule has 0 radical (unpaired) electrons. The standard InChI is InChI=1S/C29H34F2N6O5/c1-3-14-42-29(41)32-13-7-10-24-27(39)35(17-21-11-12-22(30)15-23(21)31)18-25-36(24)26(38)19-34(2)37(25)28(40)33-16-20-8-5-4-6-9-20/h3-6,8-9,11-12,15,24-25H,1,7,10,13-14,16-19H2,2H3,(H,32,41)(H,33,40). The second kappa shape index (κ2) is 13.9. The predicted octanol–water partition coefficient (Wildman–Crippen LogP) is 2.59. The number of carbonyl (C=O) groups is 4. The maximum atomic E-state index is 14.6. The molecule has 0 saturated carbocycles. The van der Waals surface area contributed by atoms with Gasteiger partial charge in [0, 0.05) is 38.3 Å². The van der Waals surface area contributed by atoms with Crippen LogP contribution >= 0.6 is 0 Å². The number of hydrogen-bond donors (Lipinski definition) is 2. The van der Waals surface area contributed by atoms with Gasteiger partial charge in [-0.15, -0.1) is 0 Å². The smallest absolute Gasteiger partial charge is 0.407 e. The number of nitrogens with one attached hydrogen (secondary N) is 2. The molecule has 0 spiro atoms. The third-order valence-electron chi connectivity index (χ3n) is 7.07. The van der Waals surface area contributed by atoms with Crippen molar-refractivity contribution < 1.29 is 32.7 Å². The van der Waals surface area contributed by atoms with Gasteiger partial charge in [0.05, 0.1) is 13.1 Å². The summed E-state index contributed by atoms with van der Waals surface area (Å²) in [4.78, 5) is 55.1. The van der Waals surface area contributed by atoms with E-state index in [1.807, 2.05) is 30.3 Å². The molecule has 2 aromatic carbocycles. The van der Waals surface area contributed by atoms with Crippen molar-refractivity contribution >= 4 is 23.9 Å². The van der Waals surface area contributed by atoms with Gasteiger partial charge in [-0.05, 0) is 24.5 Å². The number of urea groups is 1. The van der Waals surface area contributed by atoms with Crippen LogP contribution in [0.3, 0.4) is 0 Å². The van der Waals surface area contributed by atoms with Gasteiger partial charge in [0.25, 0.3) is 0 Å². The summed E-state index contributed by atoms with van der Waals surface area (Å²) >= 11 is 0. The molecule has 11 nitrogen and oxygen atoms in total. The number of halogens is 2. The number of nitrogens with zero attached hydrogens (tertiary/aromatic N) is 4. The van der Waals surface area contributed by atoms with E-state index in [1.165, 1.54) is 32.0 Å². The van der Waals surface area contributed by atoms with Crippen LogP contribution in [0, 0.1) is 11.6 Å². The normalized spacial score (nSPS) is 18.9. The number of carbonyl (C=O) groups excluding carboxylic acids is 4. The Morgan fingerprint density at radius 3 is 2.60 bits per heavy atom. The molecule has 2 aromatic rings. The molecule has 2 unspecified atom stereocenters. The minimum absolute atomic E-state index is 0.0432. The number of rotatable bonds is 10. The fourth-order valence-corrected chi connectivity index (χ4v) is 5.11. The average molecular weight is 585 g/mol. The molecule has 2 aliphatic rings. The summed E-state index contributed by atoms with van der Waals surface area (Å²) in [6.07, 6.45) is 0.371. The third-order valence-corrected chi connectivity index (χ3v) is 7.07. The van der Waals surface area contributed by atoms with Crippen molar-refractivity contribution in [3.05, 3.63) is 83.9 Å². The Bertz CT molecular complexity index is 1310. The number of benzene rings is 2. The van der Waals surface area contributed by atoms with Gasteiger partial charge in [-0.25, -0.2) is 28.4 Å². The number of piperazine rings is 1. The van der Waals surface area contributed by atoms with E-state index >= 15 is 0 Å². The fourth-order valence-electron chi connectivity index (χ4n) is 5.11. The molecule has 2 fully saturated rings. The maximum absolute atomic E-state index is 14.6. The highest BCUT2D eigenvalue weighted by molar-refractivity contribution is 5.91. The molecule has 2 aliphatic heterocycles. The summed E-state index contributed by atoms with van der Waals surface area (Å²) in [5.74, 6) is -2.34. The van der Waals surface area contributed by atoms with E-state index in [-0.39, 0.29) is 57.2 Å². The number of likely N-dealkylation sites (N-methyl/N-ethyl adjacent to an activating group) is 1. The van der Waals surface area contributed by atoms with E-state index < -0.39 is 41.9 Å². The SMILES string of the molecule is C=CCOC(=O)NCCCC1C(=O)N(Cc2ccc(F)cc2F)CC2N1C(=O)CN(C)N2C(=O)NCc1ccccc1. The molecule has 2 N–H and O–H groups in total. The van der Waals surface area contributed by atoms with Gasteiger partial charge < -0.3 is 25.2 Å². The lowest BCUT2D eigenvalue weighted by Gasteiger charge is -2.54. The second-order valence-corrected chi connectivity index (χ2v) is 10.0. The summed E-state index contributed by atoms with van der Waals surface area (Å²) in [6.45, 7) is 3.51. The van der Waals surface area contributed by atoms with Crippen LogP contribution in [0.15, 0.2) is 61.2 Å². The van der Waals surface area contributed by atoms with Crippen LogP contribution in [0.25, 0.3) is 0 Å². The Morgan fingerprint density at radius 2 is 1.88 bits per heavy atom. The number of alkyl carbamates (subject to hydrolysis) is 1. The van der Waals surface area contributed by atoms with Crippen molar-refractivity contribution in [2.45, 2.75) is 38.1 Å². The number of amides is 5. The Morgan fingerprint density at radius 1 is 1.12 bits per heavy atom. The molecule has 2 heterocycles. The van der Waals surface area contributed by atoms with E-state index in [2.05, 4.69) is 17.2 Å². The highest BCUT2D eigenvalue weighted by Crippen LogP contribution is 2.29. The first-order valence-corrected chi connectivity index (χ1v) is 13.6. The van der Waals surface area contributed by atoms with Crippen molar-refractivity contribution in [3.8, 4) is 0 Å². The van der Waals surface area contributed by atoms with Gasteiger partial charge in [-0.3, -0.25) is 9.59 Å². The Kier molecular flexibility index (Phi) is 10.1. The van der Waals surface area contributed by atoms with E-state index in [0.717, 1.165) is 17.7 Å². The highest BCUT2D eigenvalue weighted by Gasteiger charge is 2.50. The molecule has 2 atom stereocenters. The van der Waals surface area contributed by atoms with Gasteiger partial charge in [0.2, 0.25) is 11.8 Å². The third kappa shape index (κ3) is 7.21. The Hall–Kier alpha value is -4.52. The van der Waals surface area contributed by atoms with Crippen molar-refractivity contribution in [1.29, 1.82) is 0 Å². The summed E-state index contributed by atoms with van der Waals surface area (Å²) < 4.78 is 33.0. The lowest BCUT2D eigenvalue weighted by atomic mass is 10.0. The predicted molar refractivity (Wildman–Crippen MR) is 148 cm³/mol. The first-order chi connectivity index (χ1) is 20.2. The van der Waals surface area contributed by atoms with E-state index in [0.29, 0.717) is 6.42 Å². The fraction of sp³-hybridized carbons (Fsp3) is 0.379. The molecular formula is C29H34F2N6O5. The van der Waals surface area contributed by atoms with Crippen LogP contribution in [0.2, 0.25) is 0 Å². The van der Waals surface area contributed by atoms with Gasteiger partial charge >= 0.3 is 12.1 Å². The minimum atomic E-state index is -0.983. The van der Waals surface area contributed by atoms with Gasteiger partial charge in [0.1, 0.15) is 30.4 Å². The summed E-state index contributed by atoms with van der Waals surface area (Å²) in [5, 5.41) is 8.33. The quantitative estimate of drug-likeness (QED) is 0.328. The molecular weight excluding hydrogens is 550 g/mol. The molecule has 42 heavy (non-hydrogen) atoms. The van der Waals surface area contributed by atoms with Gasteiger partial charge in [-0.2, -0.15) is 0 Å². The second-order valence-electron chi connectivity index (χ2n) is 10.0. The average Bonchev–Trinajstić information content (AvgIpc) is 2.96. The van der Waals surface area contributed by atoms with E-state index in [1.54, 1.807) is 7.05 Å². The lowest BCUT2D eigenvalue weighted by Crippen LogP contribution is -2.75. The van der Waals surface area contributed by atoms with Gasteiger partial charge in [-0.1, -0.05) is 49.1 Å². The van der Waals surface area contributed by atoms with Crippen LogP contribution < -0.4 is 10.6 Å². The number of ether oxygens (including phenoxy) is 1. The molecule has 0 aromatic heterocycles. The van der Waals surface area contributed by atoms with Crippen molar-refractivity contribution in [2.24, 2.45) is 0 Å². The Balaban J connectivity index is 1.56. The zero-order valence-corrected chi connectivity index (χ0v) is 23.3. The monoisotopic (exact) mass is 584 g/mol. The van der Waals surface area contributed by atoms with Gasteiger partial charge in [0.15, 0.2) is 0 Å². The summed E-state index contributed by atoms with van der Waals surface area (Å²) in [6, 6.07) is 11.0. The Labute approximate surface area is 242 Å². The van der Waals surface area contributed by atoms with Crippen molar-refractivity contribution in [2.75, 3.05) is 33.3 Å². The zero-order valence-electron chi connectivity index (χ0n) is 23.3. The first-order valence-electron chi connectivity index (χ1n) is 13.6. The van der Waals surface area contributed by atoms with Crippen LogP contribution in [0.4, 0.5) is 18.4 Å². The summed E-state index contributed by atoms with van der Waals surface area (Å²) in [5.41, 5.74) is 0.974. The van der Waals surface area contributed by atoms with Crippen molar-refractivity contribution in [3.63, 3.8) is 0 Å². The topological polar surface area (TPSA) is 115 Å².